The lowest BCUT2D eigenvalue weighted by molar-refractivity contribution is -0.135. The van der Waals surface area contributed by atoms with Crippen molar-refractivity contribution in [1.82, 2.24) is 20.2 Å². The summed E-state index contributed by atoms with van der Waals surface area (Å²) >= 11 is 5.91. The van der Waals surface area contributed by atoms with Gasteiger partial charge in [-0.3, -0.25) is 14.4 Å². The first-order valence-corrected chi connectivity index (χ1v) is 11.0. The van der Waals surface area contributed by atoms with Crippen LogP contribution in [-0.2, 0) is 11.3 Å². The molecule has 0 aliphatic heterocycles. The van der Waals surface area contributed by atoms with Crippen molar-refractivity contribution in [2.75, 3.05) is 6.54 Å². The van der Waals surface area contributed by atoms with Gasteiger partial charge in [0.25, 0.3) is 11.5 Å². The molecule has 2 N–H and O–H groups in total. The third kappa shape index (κ3) is 5.34. The predicted molar refractivity (Wildman–Crippen MR) is 126 cm³/mol. The predicted octanol–water partition coefficient (Wildman–Crippen LogP) is 3.77. The second-order valence-corrected chi connectivity index (χ2v) is 8.16. The highest BCUT2D eigenvalue weighted by Gasteiger charge is 2.30. The van der Waals surface area contributed by atoms with Crippen molar-refractivity contribution in [3.05, 3.63) is 75.3 Å². The summed E-state index contributed by atoms with van der Waals surface area (Å²) in [5, 5.41) is 3.91. The molecule has 8 heteroatoms. The molecule has 168 valence electrons. The summed E-state index contributed by atoms with van der Waals surface area (Å²) in [6, 6.07) is 12.9. The number of para-hydroxylation sites is 1. The zero-order chi connectivity index (χ0) is 23.3. The second kappa shape index (κ2) is 10.4. The average molecular weight is 455 g/mol. The molecule has 1 aromatic heterocycles. The quantitative estimate of drug-likeness (QED) is 0.541. The van der Waals surface area contributed by atoms with Gasteiger partial charge in [-0.1, -0.05) is 44.0 Å². The Labute approximate surface area is 191 Å². The van der Waals surface area contributed by atoms with Crippen LogP contribution >= 0.6 is 11.6 Å². The first-order valence-electron chi connectivity index (χ1n) is 10.7. The van der Waals surface area contributed by atoms with Gasteiger partial charge >= 0.3 is 0 Å². The van der Waals surface area contributed by atoms with Gasteiger partial charge in [-0.25, -0.2) is 4.98 Å². The van der Waals surface area contributed by atoms with Crippen LogP contribution < -0.4 is 10.9 Å². The van der Waals surface area contributed by atoms with Crippen molar-refractivity contribution in [3.8, 4) is 0 Å². The van der Waals surface area contributed by atoms with Crippen molar-refractivity contribution in [3.63, 3.8) is 0 Å². The maximum atomic E-state index is 13.4. The topological polar surface area (TPSA) is 95.2 Å². The van der Waals surface area contributed by atoms with Crippen LogP contribution in [0.25, 0.3) is 10.9 Å². The van der Waals surface area contributed by atoms with Gasteiger partial charge in [0.15, 0.2) is 0 Å². The number of fused-ring (bicyclic) bond motifs is 1. The fraction of sp³-hybridized carbons (Fsp3) is 0.333. The Morgan fingerprint density at radius 3 is 2.47 bits per heavy atom. The van der Waals surface area contributed by atoms with Gasteiger partial charge in [-0.15, -0.1) is 0 Å². The van der Waals surface area contributed by atoms with E-state index in [0.29, 0.717) is 40.3 Å². The summed E-state index contributed by atoms with van der Waals surface area (Å²) < 4.78 is 0. The normalized spacial score (nSPS) is 12.9. The Morgan fingerprint density at radius 1 is 1.12 bits per heavy atom. The molecule has 0 bridgehead atoms. The number of H-pyrrole nitrogens is 1. The van der Waals surface area contributed by atoms with Gasteiger partial charge in [0.1, 0.15) is 11.9 Å². The summed E-state index contributed by atoms with van der Waals surface area (Å²) in [6.45, 7) is 6.29. The highest BCUT2D eigenvalue weighted by Crippen LogP contribution is 2.15. The molecule has 0 radical (unpaired) electrons. The number of aromatic amines is 1. The number of likely N-dealkylation sites (N-methyl/N-ethyl adjacent to an activating group) is 1. The standard InChI is InChI=1S/C24H27ClN4O3/c1-4-15(3)21(28-22(30)16-10-12-17(25)13-11-16)24(32)29(5-2)14-20-26-19-9-7-6-8-18(19)23(31)27-20/h6-13,15,21H,4-5,14H2,1-3H3,(H,28,30)(H,26,27,31)/t15-,21-/m0/s1. The van der Waals surface area contributed by atoms with Crippen molar-refractivity contribution < 1.29 is 9.59 Å². The fourth-order valence-electron chi connectivity index (χ4n) is 3.44. The highest BCUT2D eigenvalue weighted by atomic mass is 35.5. The molecular formula is C24H27ClN4O3. The lowest BCUT2D eigenvalue weighted by Gasteiger charge is -2.30. The summed E-state index contributed by atoms with van der Waals surface area (Å²) in [5.41, 5.74) is 0.756. The van der Waals surface area contributed by atoms with E-state index in [1.54, 1.807) is 47.4 Å². The number of rotatable bonds is 8. The summed E-state index contributed by atoms with van der Waals surface area (Å²) in [4.78, 5) is 47.4. The first-order chi connectivity index (χ1) is 15.3. The summed E-state index contributed by atoms with van der Waals surface area (Å²) in [6.07, 6.45) is 0.708. The van der Waals surface area contributed by atoms with Crippen LogP contribution in [0.2, 0.25) is 5.02 Å². The van der Waals surface area contributed by atoms with Gasteiger partial charge < -0.3 is 15.2 Å². The molecule has 1 heterocycles. The van der Waals surface area contributed by atoms with E-state index in [1.807, 2.05) is 26.8 Å². The molecule has 0 saturated heterocycles. The van der Waals surface area contributed by atoms with Crippen molar-refractivity contribution in [1.29, 1.82) is 0 Å². The molecule has 0 spiro atoms. The molecule has 3 rings (SSSR count). The van der Waals surface area contributed by atoms with E-state index in [0.717, 1.165) is 0 Å². The molecule has 0 saturated carbocycles. The molecule has 7 nitrogen and oxygen atoms in total. The van der Waals surface area contributed by atoms with E-state index in [-0.39, 0.29) is 29.8 Å². The van der Waals surface area contributed by atoms with Crippen molar-refractivity contribution in [2.45, 2.75) is 39.8 Å². The molecule has 2 aromatic carbocycles. The van der Waals surface area contributed by atoms with E-state index in [2.05, 4.69) is 15.3 Å². The van der Waals surface area contributed by atoms with Crippen molar-refractivity contribution in [2.24, 2.45) is 5.92 Å². The maximum absolute atomic E-state index is 13.4. The van der Waals surface area contributed by atoms with Gasteiger partial charge in [0.05, 0.1) is 17.4 Å². The number of benzene rings is 2. The van der Waals surface area contributed by atoms with E-state index in [4.69, 9.17) is 11.6 Å². The van der Waals surface area contributed by atoms with Crippen LogP contribution in [0.4, 0.5) is 0 Å². The molecule has 0 unspecified atom stereocenters. The number of amides is 2. The number of aromatic nitrogens is 2. The SMILES string of the molecule is CC[C@H](C)[C@H](NC(=O)c1ccc(Cl)cc1)C(=O)N(CC)Cc1nc2ccccc2c(=O)[nH]1. The number of halogens is 1. The Bertz CT molecular complexity index is 1160. The molecule has 0 aliphatic rings. The number of carbonyl (C=O) groups is 2. The van der Waals surface area contributed by atoms with Crippen LogP contribution in [0.5, 0.6) is 0 Å². The largest absolute Gasteiger partial charge is 0.340 e. The molecule has 32 heavy (non-hydrogen) atoms. The van der Waals surface area contributed by atoms with Gasteiger partial charge in [0.2, 0.25) is 5.91 Å². The lowest BCUT2D eigenvalue weighted by Crippen LogP contribution is -2.51. The minimum Gasteiger partial charge on any atom is -0.340 e. The summed E-state index contributed by atoms with van der Waals surface area (Å²) in [7, 11) is 0. The number of hydrogen-bond donors (Lipinski definition) is 2. The zero-order valence-electron chi connectivity index (χ0n) is 18.4. The molecule has 2 amide bonds. The Balaban J connectivity index is 1.83. The zero-order valence-corrected chi connectivity index (χ0v) is 19.1. The second-order valence-electron chi connectivity index (χ2n) is 7.73. The van der Waals surface area contributed by atoms with Crippen LogP contribution in [0, 0.1) is 5.92 Å². The number of nitrogens with one attached hydrogen (secondary N) is 2. The Morgan fingerprint density at radius 2 is 1.81 bits per heavy atom. The van der Waals surface area contributed by atoms with Gasteiger partial charge in [0, 0.05) is 17.1 Å². The summed E-state index contributed by atoms with van der Waals surface area (Å²) in [5.74, 6) is -0.249. The van der Waals surface area contributed by atoms with Crippen LogP contribution in [0.3, 0.4) is 0 Å². The maximum Gasteiger partial charge on any atom is 0.258 e. The number of nitrogens with zero attached hydrogens (tertiary/aromatic N) is 2. The lowest BCUT2D eigenvalue weighted by atomic mass is 9.97. The van der Waals surface area contributed by atoms with Crippen LogP contribution in [0.1, 0.15) is 43.4 Å². The fourth-order valence-corrected chi connectivity index (χ4v) is 3.57. The highest BCUT2D eigenvalue weighted by molar-refractivity contribution is 6.30. The monoisotopic (exact) mass is 454 g/mol. The third-order valence-corrected chi connectivity index (χ3v) is 5.82. The minimum atomic E-state index is -0.713. The molecular weight excluding hydrogens is 428 g/mol. The van der Waals surface area contributed by atoms with Gasteiger partial charge in [-0.05, 0) is 49.2 Å². The smallest absolute Gasteiger partial charge is 0.258 e. The first kappa shape index (κ1) is 23.5. The van der Waals surface area contributed by atoms with Crippen molar-refractivity contribution >= 4 is 34.3 Å². The van der Waals surface area contributed by atoms with E-state index >= 15 is 0 Å². The number of carbonyl (C=O) groups excluding carboxylic acids is 2. The van der Waals surface area contributed by atoms with E-state index in [9.17, 15) is 14.4 Å². The number of hydrogen-bond acceptors (Lipinski definition) is 4. The van der Waals surface area contributed by atoms with Gasteiger partial charge in [-0.2, -0.15) is 0 Å². The third-order valence-electron chi connectivity index (χ3n) is 5.57. The molecule has 0 aliphatic carbocycles. The molecule has 2 atom stereocenters. The van der Waals surface area contributed by atoms with Crippen LogP contribution in [-0.4, -0.2) is 39.3 Å². The Hall–Kier alpha value is -3.19. The molecule has 0 fully saturated rings. The molecule has 3 aromatic rings. The van der Waals surface area contributed by atoms with E-state index < -0.39 is 6.04 Å². The van der Waals surface area contributed by atoms with Crippen LogP contribution in [0.15, 0.2) is 53.3 Å². The minimum absolute atomic E-state index is 0.0867. The Kier molecular flexibility index (Phi) is 7.64. The van der Waals surface area contributed by atoms with E-state index in [1.165, 1.54) is 0 Å². The average Bonchev–Trinajstić information content (AvgIpc) is 2.80.